The number of hydrogen-bond acceptors (Lipinski definition) is 13. The summed E-state index contributed by atoms with van der Waals surface area (Å²) in [7, 11) is 0. The van der Waals surface area contributed by atoms with Gasteiger partial charge in [-0.05, 0) is 6.42 Å². The van der Waals surface area contributed by atoms with E-state index in [4.69, 9.17) is 34.6 Å². The minimum Gasteiger partial charge on any atom is -0.462 e. The molecule has 1 aromatic heterocycles. The second kappa shape index (κ2) is 11.1. The first-order chi connectivity index (χ1) is 15.8. The first kappa shape index (κ1) is 24.4. The number of aliphatic hydroxyl groups excluding tert-OH is 1. The Labute approximate surface area is 187 Å². The Morgan fingerprint density at radius 2 is 2.06 bits per heavy atom. The number of nitrogens with zero attached hydrogens (tertiary/aromatic N) is 2. The number of carbonyl (C=O) groups is 3. The second-order valence-electron chi connectivity index (χ2n) is 7.44. The molecular weight excluding hydrogens is 444 g/mol. The van der Waals surface area contributed by atoms with Gasteiger partial charge in [0.25, 0.3) is 0 Å². The predicted octanol–water partition coefficient (Wildman–Crippen LogP) is -0.642. The molecule has 0 bridgehead atoms. The molecule has 0 saturated carbocycles. The highest BCUT2D eigenvalue weighted by Crippen LogP contribution is 2.37. The Morgan fingerprint density at radius 1 is 1.30 bits per heavy atom. The van der Waals surface area contributed by atoms with Gasteiger partial charge in [0.05, 0.1) is 6.61 Å². The van der Waals surface area contributed by atoms with Crippen molar-refractivity contribution < 1.29 is 43.3 Å². The standard InChI is InChI=1S/C19H26N4O10/c1-2-3-4-5-13(25)33-22-12-6-7-23(18(27)21-12)16-15-14(31-19(28)32-15)11(30-16)9-29-17(26)10(20)8-24/h6-7,10-11,14-16,24H,2-5,8-9,20H2,1H3,(H,21,22,27)/t10-,11+,14+,15+,16+/m0/s1. The molecule has 0 amide bonds. The number of rotatable bonds is 11. The molecule has 0 aliphatic carbocycles. The van der Waals surface area contributed by atoms with Crippen molar-refractivity contribution in [2.45, 2.75) is 63.2 Å². The lowest BCUT2D eigenvalue weighted by Gasteiger charge is -2.19. The van der Waals surface area contributed by atoms with E-state index in [1.54, 1.807) is 0 Å². The molecule has 14 heteroatoms. The van der Waals surface area contributed by atoms with Gasteiger partial charge in [0.2, 0.25) is 0 Å². The van der Waals surface area contributed by atoms with Crippen LogP contribution in [0.1, 0.15) is 38.8 Å². The van der Waals surface area contributed by atoms with Gasteiger partial charge in [-0.25, -0.2) is 19.9 Å². The van der Waals surface area contributed by atoms with Crippen LogP contribution in [0.5, 0.6) is 0 Å². The van der Waals surface area contributed by atoms with Crippen molar-refractivity contribution in [1.29, 1.82) is 0 Å². The third-order valence-corrected chi connectivity index (χ3v) is 5.00. The van der Waals surface area contributed by atoms with Crippen LogP contribution in [0.3, 0.4) is 0 Å². The Morgan fingerprint density at radius 3 is 2.76 bits per heavy atom. The Balaban J connectivity index is 1.64. The molecule has 0 aromatic carbocycles. The van der Waals surface area contributed by atoms with Crippen molar-refractivity contribution >= 4 is 23.9 Å². The van der Waals surface area contributed by atoms with Crippen molar-refractivity contribution in [3.05, 3.63) is 22.7 Å². The number of aliphatic hydroxyl groups is 1. The summed E-state index contributed by atoms with van der Waals surface area (Å²) in [6, 6.07) is 0.137. The molecule has 182 valence electrons. The van der Waals surface area contributed by atoms with Gasteiger partial charge in [-0.2, -0.15) is 4.98 Å². The van der Waals surface area contributed by atoms with Crippen LogP contribution in [0, 0.1) is 0 Å². The average Bonchev–Trinajstić information content (AvgIpc) is 3.33. The topological polar surface area (TPSA) is 191 Å². The normalized spacial score (nSPS) is 24.4. The predicted molar refractivity (Wildman–Crippen MR) is 107 cm³/mol. The molecule has 14 nitrogen and oxygen atoms in total. The van der Waals surface area contributed by atoms with Crippen molar-refractivity contribution in [1.82, 2.24) is 9.55 Å². The third-order valence-electron chi connectivity index (χ3n) is 5.00. The van der Waals surface area contributed by atoms with Crippen molar-refractivity contribution in [3.63, 3.8) is 0 Å². The van der Waals surface area contributed by atoms with Gasteiger partial charge in [-0.1, -0.05) is 19.8 Å². The molecule has 2 saturated heterocycles. The van der Waals surface area contributed by atoms with Crippen LogP contribution in [0.4, 0.5) is 10.6 Å². The lowest BCUT2D eigenvalue weighted by molar-refractivity contribution is -0.153. The molecule has 2 fully saturated rings. The Kier molecular flexibility index (Phi) is 8.19. The van der Waals surface area contributed by atoms with Crippen LogP contribution in [-0.2, 0) is 33.4 Å². The van der Waals surface area contributed by atoms with Gasteiger partial charge in [0, 0.05) is 18.7 Å². The molecule has 4 N–H and O–H groups in total. The summed E-state index contributed by atoms with van der Waals surface area (Å²) < 4.78 is 22.0. The summed E-state index contributed by atoms with van der Waals surface area (Å²) in [5.74, 6) is -1.35. The molecule has 0 spiro atoms. The zero-order chi connectivity index (χ0) is 24.0. The Hall–Kier alpha value is -3.23. The van der Waals surface area contributed by atoms with Gasteiger partial charge in [-0.3, -0.25) is 9.36 Å². The van der Waals surface area contributed by atoms with Crippen LogP contribution < -0.4 is 16.9 Å². The number of carbonyl (C=O) groups excluding carboxylic acids is 3. The highest BCUT2D eigenvalue weighted by Gasteiger charge is 2.55. The van der Waals surface area contributed by atoms with E-state index >= 15 is 0 Å². The quantitative estimate of drug-likeness (QED) is 0.160. The second-order valence-corrected chi connectivity index (χ2v) is 7.44. The third kappa shape index (κ3) is 5.97. The number of hydrogen-bond donors (Lipinski definition) is 3. The fraction of sp³-hybridized carbons (Fsp3) is 0.632. The molecule has 33 heavy (non-hydrogen) atoms. The number of esters is 1. The zero-order valence-electron chi connectivity index (χ0n) is 17.9. The van der Waals surface area contributed by atoms with E-state index in [9.17, 15) is 19.2 Å². The van der Waals surface area contributed by atoms with E-state index in [1.165, 1.54) is 12.3 Å². The van der Waals surface area contributed by atoms with Crippen molar-refractivity contribution in [2.24, 2.45) is 5.73 Å². The lowest BCUT2D eigenvalue weighted by atomic mass is 10.1. The summed E-state index contributed by atoms with van der Waals surface area (Å²) in [5.41, 5.74) is 6.93. The van der Waals surface area contributed by atoms with Crippen molar-refractivity contribution in [2.75, 3.05) is 18.7 Å². The van der Waals surface area contributed by atoms with E-state index in [1.807, 2.05) is 6.92 Å². The number of unbranched alkanes of at least 4 members (excludes halogenated alkanes) is 2. The smallest absolute Gasteiger partial charge is 0.462 e. The fourth-order valence-corrected chi connectivity index (χ4v) is 3.27. The van der Waals surface area contributed by atoms with Crippen LogP contribution in [-0.4, -0.2) is 70.3 Å². The zero-order valence-corrected chi connectivity index (χ0v) is 17.9. The highest BCUT2D eigenvalue weighted by molar-refractivity contribution is 5.75. The van der Waals surface area contributed by atoms with E-state index < -0.39 is 61.0 Å². The highest BCUT2D eigenvalue weighted by atomic mass is 16.8. The summed E-state index contributed by atoms with van der Waals surface area (Å²) in [5, 5.41) is 8.92. The number of nitrogens with one attached hydrogen (secondary N) is 1. The number of fused-ring (bicyclic) bond motifs is 1. The maximum Gasteiger partial charge on any atom is 0.509 e. The molecule has 5 atom stereocenters. The maximum absolute atomic E-state index is 12.5. The van der Waals surface area contributed by atoms with E-state index in [-0.39, 0.29) is 18.8 Å². The monoisotopic (exact) mass is 470 g/mol. The number of aromatic nitrogens is 2. The van der Waals surface area contributed by atoms with Gasteiger partial charge < -0.3 is 34.6 Å². The molecule has 3 heterocycles. The molecule has 0 unspecified atom stereocenters. The summed E-state index contributed by atoms with van der Waals surface area (Å²) in [6.45, 7) is 1.06. The van der Waals surface area contributed by atoms with Crippen molar-refractivity contribution in [3.8, 4) is 0 Å². The van der Waals surface area contributed by atoms with Crippen LogP contribution in [0.25, 0.3) is 0 Å². The van der Waals surface area contributed by atoms with Crippen LogP contribution in [0.2, 0.25) is 0 Å². The maximum atomic E-state index is 12.5. The van der Waals surface area contributed by atoms with E-state index in [0.29, 0.717) is 6.42 Å². The molecule has 2 aliphatic heterocycles. The number of anilines is 1. The SMILES string of the molecule is CCCCCC(=O)ONc1ccn([C@@H]2O[C@H](COC(=O)[C@@H](N)CO)[C@H]3OC(=O)O[C@H]32)c(=O)n1. The molecular formula is C19H26N4O10. The summed E-state index contributed by atoms with van der Waals surface area (Å²) >= 11 is 0. The minimum atomic E-state index is -1.23. The van der Waals surface area contributed by atoms with Crippen LogP contribution in [0.15, 0.2) is 17.1 Å². The summed E-state index contributed by atoms with van der Waals surface area (Å²) in [6.07, 6.45) is -0.868. The first-order valence-corrected chi connectivity index (χ1v) is 10.4. The first-order valence-electron chi connectivity index (χ1n) is 10.4. The van der Waals surface area contributed by atoms with Gasteiger partial charge in [0.1, 0.15) is 18.8 Å². The van der Waals surface area contributed by atoms with Gasteiger partial charge in [0.15, 0.2) is 24.3 Å². The van der Waals surface area contributed by atoms with Gasteiger partial charge in [-0.15, -0.1) is 0 Å². The largest absolute Gasteiger partial charge is 0.509 e. The summed E-state index contributed by atoms with van der Waals surface area (Å²) in [4.78, 5) is 56.2. The average molecular weight is 470 g/mol. The fourth-order valence-electron chi connectivity index (χ4n) is 3.27. The molecule has 0 radical (unpaired) electrons. The molecule has 2 aliphatic rings. The van der Waals surface area contributed by atoms with Gasteiger partial charge >= 0.3 is 23.8 Å². The van der Waals surface area contributed by atoms with E-state index in [0.717, 1.165) is 17.4 Å². The van der Waals surface area contributed by atoms with Crippen LogP contribution >= 0.6 is 0 Å². The van der Waals surface area contributed by atoms with E-state index in [2.05, 4.69) is 10.5 Å². The number of nitrogens with two attached hydrogens (primary N) is 1. The lowest BCUT2D eigenvalue weighted by Crippen LogP contribution is -2.39. The molecule has 1 aromatic rings. The minimum absolute atomic E-state index is 0.00206. The molecule has 3 rings (SSSR count). The number of ether oxygens (including phenoxy) is 4. The Bertz CT molecular complexity index is 922.